The van der Waals surface area contributed by atoms with Gasteiger partial charge in [-0.25, -0.2) is 9.99 Å². The second-order valence-electron chi connectivity index (χ2n) is 5.92. The van der Waals surface area contributed by atoms with E-state index in [4.69, 9.17) is 9.47 Å². The third-order valence-electron chi connectivity index (χ3n) is 4.03. The molecule has 0 atom stereocenters. The molecule has 1 saturated heterocycles. The molecule has 3 aromatic rings. The molecule has 4 rings (SSSR count). The number of hydrazine groups is 1. The van der Waals surface area contributed by atoms with Crippen LogP contribution in [0.4, 0.5) is 5.69 Å². The van der Waals surface area contributed by atoms with Gasteiger partial charge in [0.05, 0.1) is 17.7 Å². The Balaban J connectivity index is 1.51. The lowest BCUT2D eigenvalue weighted by atomic mass is 10.2. The summed E-state index contributed by atoms with van der Waals surface area (Å²) in [5.74, 6) is 0.464. The van der Waals surface area contributed by atoms with Crippen LogP contribution in [0, 0.1) is 3.57 Å². The predicted octanol–water partition coefficient (Wildman–Crippen LogP) is 4.01. The molecule has 0 unspecified atom stereocenters. The van der Waals surface area contributed by atoms with Crippen LogP contribution in [-0.4, -0.2) is 23.9 Å². The summed E-state index contributed by atoms with van der Waals surface area (Å²) in [7, 11) is 1.59. The average molecular weight is 519 g/mol. The largest absolute Gasteiger partial charge is 0.497 e. The first kappa shape index (κ1) is 19.4. The van der Waals surface area contributed by atoms with Crippen LogP contribution in [0.1, 0.15) is 4.88 Å². The number of methoxy groups -OCH3 is 1. The lowest BCUT2D eigenvalue weighted by molar-refractivity contribution is -0.117. The minimum atomic E-state index is -0.459. The first-order valence-electron chi connectivity index (χ1n) is 8.44. The van der Waals surface area contributed by atoms with Crippen LogP contribution in [0.5, 0.6) is 16.7 Å². The molecule has 0 saturated carbocycles. The molecule has 1 fully saturated rings. The van der Waals surface area contributed by atoms with E-state index in [9.17, 15) is 9.59 Å². The third-order valence-corrected chi connectivity index (χ3v) is 5.57. The van der Waals surface area contributed by atoms with Crippen molar-refractivity contribution >= 4 is 57.5 Å². The van der Waals surface area contributed by atoms with Gasteiger partial charge in [-0.15, -0.1) is 0 Å². The molecule has 1 aliphatic rings. The fourth-order valence-electron chi connectivity index (χ4n) is 2.60. The highest BCUT2D eigenvalue weighted by molar-refractivity contribution is 14.1. The molecule has 0 spiro atoms. The summed E-state index contributed by atoms with van der Waals surface area (Å²) < 4.78 is 11.9. The SMILES string of the molecule is COc1ccc(Oc2ncc(/C=C3/C(=O)NN(c4ccc(I)cc4)C3=O)s2)cc1. The number of ether oxygens (including phenoxy) is 2. The Morgan fingerprint density at radius 2 is 1.76 bits per heavy atom. The van der Waals surface area contributed by atoms with Crippen molar-refractivity contribution < 1.29 is 19.1 Å². The van der Waals surface area contributed by atoms with Gasteiger partial charge < -0.3 is 9.47 Å². The number of hydrogen-bond donors (Lipinski definition) is 1. The number of amides is 2. The summed E-state index contributed by atoms with van der Waals surface area (Å²) in [6, 6.07) is 14.4. The number of anilines is 1. The van der Waals surface area contributed by atoms with Crippen molar-refractivity contribution in [1.82, 2.24) is 10.4 Å². The zero-order valence-corrected chi connectivity index (χ0v) is 18.1. The number of halogens is 1. The first-order chi connectivity index (χ1) is 14.0. The highest BCUT2D eigenvalue weighted by atomic mass is 127. The van der Waals surface area contributed by atoms with Crippen molar-refractivity contribution in [2.45, 2.75) is 0 Å². The van der Waals surface area contributed by atoms with Gasteiger partial charge in [0.15, 0.2) is 0 Å². The maximum atomic E-state index is 12.7. The number of aromatic nitrogens is 1. The van der Waals surface area contributed by atoms with Gasteiger partial charge in [0, 0.05) is 9.77 Å². The van der Waals surface area contributed by atoms with Crippen LogP contribution >= 0.6 is 33.9 Å². The number of benzene rings is 2. The fourth-order valence-corrected chi connectivity index (χ4v) is 3.69. The van der Waals surface area contributed by atoms with E-state index >= 15 is 0 Å². The van der Waals surface area contributed by atoms with Gasteiger partial charge in [-0.3, -0.25) is 15.0 Å². The van der Waals surface area contributed by atoms with Crippen LogP contribution in [0.15, 0.2) is 60.3 Å². The van der Waals surface area contributed by atoms with Gasteiger partial charge in [0.25, 0.3) is 17.0 Å². The van der Waals surface area contributed by atoms with Crippen LogP contribution in [-0.2, 0) is 9.59 Å². The van der Waals surface area contributed by atoms with E-state index in [0.717, 1.165) is 9.32 Å². The van der Waals surface area contributed by atoms with E-state index in [1.54, 1.807) is 49.7 Å². The molecule has 9 heteroatoms. The Bertz CT molecular complexity index is 1090. The first-order valence-corrected chi connectivity index (χ1v) is 10.3. The monoisotopic (exact) mass is 519 g/mol. The zero-order valence-electron chi connectivity index (χ0n) is 15.1. The zero-order chi connectivity index (χ0) is 20.4. The topological polar surface area (TPSA) is 80.8 Å². The summed E-state index contributed by atoms with van der Waals surface area (Å²) in [5.41, 5.74) is 3.22. The van der Waals surface area contributed by atoms with Crippen LogP contribution in [0.3, 0.4) is 0 Å². The molecular formula is C20H14IN3O4S. The normalized spacial score (nSPS) is 15.0. The molecule has 29 heavy (non-hydrogen) atoms. The van der Waals surface area contributed by atoms with E-state index in [2.05, 4.69) is 33.0 Å². The predicted molar refractivity (Wildman–Crippen MR) is 118 cm³/mol. The smallest absolute Gasteiger partial charge is 0.282 e. The summed E-state index contributed by atoms with van der Waals surface area (Å²) in [6.45, 7) is 0. The number of carbonyl (C=O) groups is 2. The van der Waals surface area contributed by atoms with Gasteiger partial charge in [0.1, 0.15) is 17.1 Å². The fraction of sp³-hybridized carbons (Fsp3) is 0.0500. The van der Waals surface area contributed by atoms with E-state index in [1.165, 1.54) is 22.4 Å². The molecule has 1 N–H and O–H groups in total. The molecule has 2 aromatic carbocycles. The highest BCUT2D eigenvalue weighted by Crippen LogP contribution is 2.30. The lowest BCUT2D eigenvalue weighted by Gasteiger charge is -2.14. The van der Waals surface area contributed by atoms with Crippen LogP contribution in [0.2, 0.25) is 0 Å². The molecule has 2 amide bonds. The summed E-state index contributed by atoms with van der Waals surface area (Å²) in [6.07, 6.45) is 3.08. The molecule has 1 aromatic heterocycles. The number of thiazole rings is 1. The molecule has 146 valence electrons. The maximum Gasteiger partial charge on any atom is 0.282 e. The van der Waals surface area contributed by atoms with Crippen molar-refractivity contribution in [2.75, 3.05) is 12.1 Å². The maximum absolute atomic E-state index is 12.7. The van der Waals surface area contributed by atoms with E-state index in [0.29, 0.717) is 21.5 Å². The highest BCUT2D eigenvalue weighted by Gasteiger charge is 2.34. The second-order valence-corrected chi connectivity index (χ2v) is 8.19. The summed E-state index contributed by atoms with van der Waals surface area (Å²) in [4.78, 5) is 29.8. The van der Waals surface area contributed by atoms with E-state index in [-0.39, 0.29) is 5.57 Å². The third kappa shape index (κ3) is 4.25. The van der Waals surface area contributed by atoms with Crippen molar-refractivity contribution in [3.63, 3.8) is 0 Å². The molecule has 0 radical (unpaired) electrons. The van der Waals surface area contributed by atoms with Crippen molar-refractivity contribution in [3.8, 4) is 16.7 Å². The number of nitrogens with one attached hydrogen (secondary N) is 1. The van der Waals surface area contributed by atoms with E-state index in [1.807, 2.05) is 12.1 Å². The molecular weight excluding hydrogens is 505 g/mol. The number of rotatable bonds is 5. The number of nitrogens with zero attached hydrogens (tertiary/aromatic N) is 2. The number of hydrogen-bond acceptors (Lipinski definition) is 6. The Kier molecular flexibility index (Phi) is 5.49. The van der Waals surface area contributed by atoms with Gasteiger partial charge >= 0.3 is 0 Å². The van der Waals surface area contributed by atoms with Gasteiger partial charge in [-0.05, 0) is 77.2 Å². The van der Waals surface area contributed by atoms with Crippen molar-refractivity contribution in [3.05, 3.63) is 68.7 Å². The minimum Gasteiger partial charge on any atom is -0.497 e. The average Bonchev–Trinajstić information content (AvgIpc) is 3.28. The summed E-state index contributed by atoms with van der Waals surface area (Å²) in [5, 5.41) is 1.64. The van der Waals surface area contributed by atoms with Crippen molar-refractivity contribution in [1.29, 1.82) is 0 Å². The van der Waals surface area contributed by atoms with Crippen LogP contribution in [0.25, 0.3) is 6.08 Å². The Hall–Kier alpha value is -2.92. The van der Waals surface area contributed by atoms with Gasteiger partial charge in [0.2, 0.25) is 0 Å². The molecule has 0 aliphatic carbocycles. The van der Waals surface area contributed by atoms with E-state index < -0.39 is 11.8 Å². The Labute approximate surface area is 184 Å². The molecule has 0 bridgehead atoms. The minimum absolute atomic E-state index is 0.0446. The number of carbonyl (C=O) groups excluding carboxylic acids is 2. The quantitative estimate of drug-likeness (QED) is 0.313. The lowest BCUT2D eigenvalue weighted by Crippen LogP contribution is -2.35. The van der Waals surface area contributed by atoms with Crippen molar-refractivity contribution in [2.24, 2.45) is 0 Å². The molecule has 7 nitrogen and oxygen atoms in total. The Morgan fingerprint density at radius 3 is 2.45 bits per heavy atom. The van der Waals surface area contributed by atoms with Gasteiger partial charge in [-0.2, -0.15) is 0 Å². The Morgan fingerprint density at radius 1 is 1.07 bits per heavy atom. The van der Waals surface area contributed by atoms with Gasteiger partial charge in [-0.1, -0.05) is 11.3 Å². The molecule has 1 aliphatic heterocycles. The standard InChI is InChI=1S/C20H14IN3O4S/c1-27-14-6-8-15(9-7-14)28-20-22-11-16(29-20)10-17-18(25)23-24(19(17)26)13-4-2-12(21)3-5-13/h2-11H,1H3,(H,23,25)/b17-10-. The molecule has 2 heterocycles. The second kappa shape index (κ2) is 8.21. The summed E-state index contributed by atoms with van der Waals surface area (Å²) >= 11 is 3.41. The van der Waals surface area contributed by atoms with Crippen LogP contribution < -0.4 is 19.9 Å².